The van der Waals surface area contributed by atoms with Crippen molar-refractivity contribution in [2.24, 2.45) is 5.92 Å². The third-order valence-electron chi connectivity index (χ3n) is 4.10. The largest absolute Gasteiger partial charge is 0.495 e. The molecule has 0 bridgehead atoms. The lowest BCUT2D eigenvalue weighted by Gasteiger charge is -2.26. The number of ether oxygens (including phenoxy) is 1. The van der Waals surface area contributed by atoms with Crippen molar-refractivity contribution in [3.8, 4) is 5.75 Å². The average molecular weight is 425 g/mol. The molecular weight excluding hydrogens is 403 g/mol. The summed E-state index contributed by atoms with van der Waals surface area (Å²) in [6.07, 6.45) is 9.35. The van der Waals surface area contributed by atoms with Crippen LogP contribution in [0.25, 0.3) is 0 Å². The molecule has 1 aromatic carbocycles. The van der Waals surface area contributed by atoms with Crippen LogP contribution in [0.3, 0.4) is 0 Å². The highest BCUT2D eigenvalue weighted by Gasteiger charge is 2.25. The third kappa shape index (κ3) is 4.14. The number of rotatable bonds is 3. The third-order valence-corrected chi connectivity index (χ3v) is 6.15. The molecule has 1 fully saturated rings. The van der Waals surface area contributed by atoms with E-state index in [4.69, 9.17) is 16.3 Å². The molecule has 0 spiro atoms. The van der Waals surface area contributed by atoms with Crippen LogP contribution in [0.2, 0.25) is 5.02 Å². The highest BCUT2D eigenvalue weighted by Crippen LogP contribution is 2.45. The van der Waals surface area contributed by atoms with Gasteiger partial charge in [0.15, 0.2) is 0 Å². The quantitative estimate of drug-likeness (QED) is 0.479. The van der Waals surface area contributed by atoms with Gasteiger partial charge in [-0.1, -0.05) is 59.6 Å². The van der Waals surface area contributed by atoms with Crippen LogP contribution >= 0.6 is 43.5 Å². The predicted octanol–water partition coefficient (Wildman–Crippen LogP) is 6.91. The molecule has 1 aliphatic carbocycles. The summed E-state index contributed by atoms with van der Waals surface area (Å²) in [5.74, 6) is 1.56. The van der Waals surface area contributed by atoms with Crippen LogP contribution in [0.15, 0.2) is 16.6 Å². The molecule has 112 valence electrons. The SMILES string of the molecule is COc1c(Br)cc(Cl)cc1C(Br)C1CCCCCCC1. The second-order valence-electron chi connectivity index (χ2n) is 5.52. The fraction of sp³-hybridized carbons (Fsp3) is 0.625. The Bertz CT molecular complexity index is 442. The molecule has 0 aromatic heterocycles. The summed E-state index contributed by atoms with van der Waals surface area (Å²) in [5, 5.41) is 0.753. The van der Waals surface area contributed by atoms with Crippen LogP contribution in [0.1, 0.15) is 55.3 Å². The topological polar surface area (TPSA) is 9.23 Å². The monoisotopic (exact) mass is 422 g/mol. The molecule has 1 aromatic rings. The van der Waals surface area contributed by atoms with Crippen LogP contribution in [0.5, 0.6) is 5.75 Å². The van der Waals surface area contributed by atoms with Gasteiger partial charge in [-0.15, -0.1) is 0 Å². The van der Waals surface area contributed by atoms with E-state index in [1.54, 1.807) is 7.11 Å². The fourth-order valence-corrected chi connectivity index (χ4v) is 4.90. The van der Waals surface area contributed by atoms with E-state index in [0.29, 0.717) is 10.7 Å². The van der Waals surface area contributed by atoms with Gasteiger partial charge in [-0.05, 0) is 46.8 Å². The minimum absolute atomic E-state index is 0.311. The molecule has 1 saturated carbocycles. The first-order valence-electron chi connectivity index (χ1n) is 7.30. The summed E-state index contributed by atoms with van der Waals surface area (Å²) >= 11 is 13.7. The Morgan fingerprint density at radius 1 is 1.15 bits per heavy atom. The number of benzene rings is 1. The van der Waals surface area contributed by atoms with Gasteiger partial charge in [-0.25, -0.2) is 0 Å². The van der Waals surface area contributed by atoms with Crippen LogP contribution in [-0.2, 0) is 0 Å². The minimum atomic E-state index is 0.311. The van der Waals surface area contributed by atoms with Crippen molar-refractivity contribution in [3.05, 3.63) is 27.2 Å². The molecule has 0 N–H and O–H groups in total. The van der Waals surface area contributed by atoms with Crippen LogP contribution < -0.4 is 4.74 Å². The summed E-state index contributed by atoms with van der Waals surface area (Å²) in [5.41, 5.74) is 1.16. The molecule has 1 atom stereocenters. The highest BCUT2D eigenvalue weighted by atomic mass is 79.9. The van der Waals surface area contributed by atoms with E-state index in [9.17, 15) is 0 Å². The predicted molar refractivity (Wildman–Crippen MR) is 93.2 cm³/mol. The maximum Gasteiger partial charge on any atom is 0.137 e. The van der Waals surface area contributed by atoms with Crippen LogP contribution in [0.4, 0.5) is 0 Å². The molecule has 0 aliphatic heterocycles. The Balaban J connectivity index is 2.24. The lowest BCUT2D eigenvalue weighted by atomic mass is 9.86. The standard InChI is InChI=1S/C16H21Br2ClO/c1-20-16-13(9-12(19)10-14(16)17)15(18)11-7-5-3-2-4-6-8-11/h9-11,15H,2-8H2,1H3. The maximum absolute atomic E-state index is 6.21. The van der Waals surface area contributed by atoms with E-state index in [-0.39, 0.29) is 0 Å². The van der Waals surface area contributed by atoms with Gasteiger partial charge in [0.2, 0.25) is 0 Å². The maximum atomic E-state index is 6.21. The molecule has 0 saturated heterocycles. The Morgan fingerprint density at radius 2 is 1.75 bits per heavy atom. The lowest BCUT2D eigenvalue weighted by molar-refractivity contribution is 0.362. The molecule has 1 aliphatic rings. The molecule has 0 heterocycles. The summed E-state index contributed by atoms with van der Waals surface area (Å²) < 4.78 is 6.49. The van der Waals surface area contributed by atoms with Gasteiger partial charge in [0.05, 0.1) is 11.6 Å². The molecular formula is C16H21Br2ClO. The normalized spacial score (nSPS) is 19.2. The molecule has 0 radical (unpaired) electrons. The van der Waals surface area contributed by atoms with Gasteiger partial charge in [0.25, 0.3) is 0 Å². The van der Waals surface area contributed by atoms with E-state index < -0.39 is 0 Å². The first-order valence-corrected chi connectivity index (χ1v) is 9.39. The Hall–Kier alpha value is 0.270. The number of hydrogen-bond acceptors (Lipinski definition) is 1. The number of methoxy groups -OCH3 is 1. The highest BCUT2D eigenvalue weighted by molar-refractivity contribution is 9.10. The van der Waals surface area contributed by atoms with Crippen molar-refractivity contribution in [2.75, 3.05) is 7.11 Å². The van der Waals surface area contributed by atoms with Gasteiger partial charge in [-0.3, -0.25) is 0 Å². The molecule has 1 nitrogen and oxygen atoms in total. The first-order chi connectivity index (χ1) is 9.63. The van der Waals surface area contributed by atoms with E-state index in [1.807, 2.05) is 12.1 Å². The summed E-state index contributed by atoms with van der Waals surface area (Å²) in [6, 6.07) is 3.92. The second kappa shape index (κ2) is 8.05. The Morgan fingerprint density at radius 3 is 2.35 bits per heavy atom. The second-order valence-corrected chi connectivity index (χ2v) is 7.79. The molecule has 20 heavy (non-hydrogen) atoms. The van der Waals surface area contributed by atoms with Crippen LogP contribution in [0, 0.1) is 5.92 Å². The molecule has 0 amide bonds. The summed E-state index contributed by atoms with van der Waals surface area (Å²) in [7, 11) is 1.72. The number of hydrogen-bond donors (Lipinski definition) is 0. The number of halogens is 3. The molecule has 1 unspecified atom stereocenters. The van der Waals surface area contributed by atoms with Gasteiger partial charge in [0.1, 0.15) is 5.75 Å². The lowest BCUT2D eigenvalue weighted by Crippen LogP contribution is -2.11. The van der Waals surface area contributed by atoms with Gasteiger partial charge >= 0.3 is 0 Å². The Kier molecular flexibility index (Phi) is 6.70. The zero-order valence-electron chi connectivity index (χ0n) is 11.8. The number of alkyl halides is 1. The first kappa shape index (κ1) is 16.6. The average Bonchev–Trinajstić information content (AvgIpc) is 2.36. The van der Waals surface area contributed by atoms with Crippen molar-refractivity contribution in [1.29, 1.82) is 0 Å². The van der Waals surface area contributed by atoms with Gasteiger partial charge in [0, 0.05) is 15.4 Å². The van der Waals surface area contributed by atoms with E-state index in [0.717, 1.165) is 20.8 Å². The van der Waals surface area contributed by atoms with Gasteiger partial charge in [-0.2, -0.15) is 0 Å². The molecule has 2 rings (SSSR count). The van der Waals surface area contributed by atoms with Crippen LogP contribution in [-0.4, -0.2) is 7.11 Å². The van der Waals surface area contributed by atoms with E-state index in [1.165, 1.54) is 44.9 Å². The van der Waals surface area contributed by atoms with E-state index >= 15 is 0 Å². The Labute approximate surface area is 143 Å². The van der Waals surface area contributed by atoms with Crippen molar-refractivity contribution in [3.63, 3.8) is 0 Å². The fourth-order valence-electron chi connectivity index (χ4n) is 3.03. The zero-order valence-corrected chi connectivity index (χ0v) is 15.7. The van der Waals surface area contributed by atoms with Gasteiger partial charge < -0.3 is 4.74 Å². The van der Waals surface area contributed by atoms with Crippen molar-refractivity contribution >= 4 is 43.5 Å². The minimum Gasteiger partial charge on any atom is -0.495 e. The smallest absolute Gasteiger partial charge is 0.137 e. The van der Waals surface area contributed by atoms with Crippen molar-refractivity contribution in [2.45, 2.75) is 49.8 Å². The van der Waals surface area contributed by atoms with Crippen molar-refractivity contribution < 1.29 is 4.74 Å². The summed E-state index contributed by atoms with van der Waals surface area (Å²) in [4.78, 5) is 0.311. The molecule has 4 heteroatoms. The van der Waals surface area contributed by atoms with Crippen molar-refractivity contribution in [1.82, 2.24) is 0 Å². The summed E-state index contributed by atoms with van der Waals surface area (Å²) in [6.45, 7) is 0. The van der Waals surface area contributed by atoms with E-state index in [2.05, 4.69) is 31.9 Å². The zero-order chi connectivity index (χ0) is 14.5.